The maximum Gasteiger partial charge on any atom is 0.573 e. The number of amides is 3. The van der Waals surface area contributed by atoms with E-state index in [1.807, 2.05) is 38.1 Å². The molecule has 9 nitrogen and oxygen atoms in total. The summed E-state index contributed by atoms with van der Waals surface area (Å²) in [5.41, 5.74) is 3.48. The number of aliphatic imine (C=N–C) groups is 1. The van der Waals surface area contributed by atoms with Gasteiger partial charge in [0.1, 0.15) is 17.9 Å². The van der Waals surface area contributed by atoms with Gasteiger partial charge in [0, 0.05) is 17.5 Å². The first-order valence-corrected chi connectivity index (χ1v) is 16.0. The number of ether oxygens (including phenoxy) is 1. The van der Waals surface area contributed by atoms with Crippen molar-refractivity contribution in [1.82, 2.24) is 20.1 Å². The van der Waals surface area contributed by atoms with Gasteiger partial charge in [-0.05, 0) is 72.4 Å². The number of hydrogen-bond donors (Lipinski definition) is 1. The maximum atomic E-state index is 14.0. The second kappa shape index (κ2) is 13.2. The number of carbonyl (C=O) groups excluding carboxylic acids is 2. The zero-order valence-electron chi connectivity index (χ0n) is 25.4. The second-order valence-electron chi connectivity index (χ2n) is 11.5. The SMILES string of the molecule is CC(C)c1cc(F)ccc1N1C(=O)CS/C1=N\C(=O)NC1CCCC1c1ccc(-c2ncn(-c3ccc(OC(F)(F)F)cc3)n2)cc1. The van der Waals surface area contributed by atoms with Crippen LogP contribution in [0.15, 0.2) is 78.0 Å². The fourth-order valence-corrected chi connectivity index (χ4v) is 6.74. The number of urea groups is 1. The quantitative estimate of drug-likeness (QED) is 0.204. The van der Waals surface area contributed by atoms with Crippen molar-refractivity contribution < 1.29 is 31.9 Å². The Bertz CT molecular complexity index is 1810. The van der Waals surface area contributed by atoms with Crippen LogP contribution in [0.4, 0.5) is 28.0 Å². The van der Waals surface area contributed by atoms with Crippen LogP contribution in [0.25, 0.3) is 17.1 Å². The molecule has 2 fully saturated rings. The van der Waals surface area contributed by atoms with E-state index < -0.39 is 18.2 Å². The van der Waals surface area contributed by atoms with Gasteiger partial charge < -0.3 is 10.1 Å². The minimum absolute atomic E-state index is 0.0474. The molecule has 2 unspecified atom stereocenters. The minimum atomic E-state index is -4.77. The van der Waals surface area contributed by atoms with Crippen molar-refractivity contribution >= 4 is 34.6 Å². The van der Waals surface area contributed by atoms with Gasteiger partial charge in [-0.3, -0.25) is 9.69 Å². The van der Waals surface area contributed by atoms with Crippen molar-refractivity contribution in [3.05, 3.63) is 90.0 Å². The Morgan fingerprint density at radius 2 is 1.81 bits per heavy atom. The molecule has 2 heterocycles. The molecule has 1 aliphatic heterocycles. The molecule has 0 bridgehead atoms. The summed E-state index contributed by atoms with van der Waals surface area (Å²) < 4.78 is 56.7. The van der Waals surface area contributed by atoms with Gasteiger partial charge >= 0.3 is 12.4 Å². The second-order valence-corrected chi connectivity index (χ2v) is 12.5. The summed E-state index contributed by atoms with van der Waals surface area (Å²) in [6.45, 7) is 3.82. The van der Waals surface area contributed by atoms with Crippen molar-refractivity contribution in [2.75, 3.05) is 10.7 Å². The zero-order valence-corrected chi connectivity index (χ0v) is 26.2. The van der Waals surface area contributed by atoms with E-state index in [0.717, 1.165) is 30.4 Å². The Morgan fingerprint density at radius 3 is 2.51 bits per heavy atom. The first-order valence-electron chi connectivity index (χ1n) is 15.0. The van der Waals surface area contributed by atoms with Crippen molar-refractivity contribution in [3.63, 3.8) is 0 Å². The average molecular weight is 667 g/mol. The normalized spacial score (nSPS) is 19.2. The number of hydrogen-bond acceptors (Lipinski definition) is 6. The predicted octanol–water partition coefficient (Wildman–Crippen LogP) is 7.58. The van der Waals surface area contributed by atoms with Crippen molar-refractivity contribution in [1.29, 1.82) is 0 Å². The van der Waals surface area contributed by atoms with Crippen molar-refractivity contribution in [3.8, 4) is 22.8 Å². The maximum absolute atomic E-state index is 14.0. The molecular formula is C33H30F4N6O3S. The molecule has 244 valence electrons. The lowest BCUT2D eigenvalue weighted by atomic mass is 9.93. The Hall–Kier alpha value is -4.72. The van der Waals surface area contributed by atoms with E-state index in [-0.39, 0.29) is 40.5 Å². The molecule has 3 amide bonds. The first kappa shape index (κ1) is 32.2. The van der Waals surface area contributed by atoms with Crippen LogP contribution in [0.3, 0.4) is 0 Å². The number of halogens is 4. The molecule has 14 heteroatoms. The number of rotatable bonds is 7. The number of amidine groups is 1. The zero-order chi connectivity index (χ0) is 33.3. The molecule has 6 rings (SSSR count). The van der Waals surface area contributed by atoms with E-state index in [1.165, 1.54) is 64.1 Å². The van der Waals surface area contributed by atoms with Gasteiger partial charge in [0.15, 0.2) is 11.0 Å². The summed E-state index contributed by atoms with van der Waals surface area (Å²) in [6, 6.07) is 16.6. The third kappa shape index (κ3) is 7.32. The lowest BCUT2D eigenvalue weighted by Gasteiger charge is -2.23. The molecule has 1 N–H and O–H groups in total. The molecule has 1 saturated heterocycles. The van der Waals surface area contributed by atoms with Crippen molar-refractivity contribution in [2.45, 2.75) is 57.3 Å². The van der Waals surface area contributed by atoms with Crippen LogP contribution in [0, 0.1) is 5.82 Å². The van der Waals surface area contributed by atoms with Crippen LogP contribution in [0.1, 0.15) is 56.1 Å². The van der Waals surface area contributed by atoms with Crippen molar-refractivity contribution in [2.24, 2.45) is 4.99 Å². The van der Waals surface area contributed by atoms with E-state index >= 15 is 0 Å². The van der Waals surface area contributed by atoms with Crippen LogP contribution >= 0.6 is 11.8 Å². The van der Waals surface area contributed by atoms with Crippen LogP contribution in [-0.2, 0) is 4.79 Å². The summed E-state index contributed by atoms with van der Waals surface area (Å²) in [7, 11) is 0. The van der Waals surface area contributed by atoms with E-state index in [1.54, 1.807) is 6.07 Å². The summed E-state index contributed by atoms with van der Waals surface area (Å²) in [5.74, 6) is -0.369. The minimum Gasteiger partial charge on any atom is -0.406 e. The Labute approximate surface area is 272 Å². The van der Waals surface area contributed by atoms with E-state index in [0.29, 0.717) is 22.8 Å². The monoisotopic (exact) mass is 666 g/mol. The topological polar surface area (TPSA) is 102 Å². The number of thioether (sulfide) groups is 1. The summed E-state index contributed by atoms with van der Waals surface area (Å²) in [6.07, 6.45) is -0.736. The molecule has 0 spiro atoms. The van der Waals surface area contributed by atoms with Gasteiger partial charge in [0.25, 0.3) is 0 Å². The lowest BCUT2D eigenvalue weighted by molar-refractivity contribution is -0.274. The average Bonchev–Trinajstić information content (AvgIpc) is 3.78. The molecular weight excluding hydrogens is 636 g/mol. The molecule has 1 saturated carbocycles. The number of nitrogens with one attached hydrogen (secondary N) is 1. The molecule has 4 aromatic rings. The lowest BCUT2D eigenvalue weighted by Crippen LogP contribution is -2.37. The van der Waals surface area contributed by atoms with E-state index in [2.05, 4.69) is 25.1 Å². The predicted molar refractivity (Wildman–Crippen MR) is 170 cm³/mol. The summed E-state index contributed by atoms with van der Waals surface area (Å²) in [4.78, 5) is 36.0. The Morgan fingerprint density at radius 1 is 1.06 bits per heavy atom. The van der Waals surface area contributed by atoms with Gasteiger partial charge in [-0.1, -0.05) is 56.3 Å². The van der Waals surface area contributed by atoms with Crippen LogP contribution in [0.5, 0.6) is 5.75 Å². The molecule has 47 heavy (non-hydrogen) atoms. The molecule has 1 aliphatic carbocycles. The summed E-state index contributed by atoms with van der Waals surface area (Å²) in [5, 5.41) is 7.76. The third-order valence-corrected chi connectivity index (χ3v) is 8.99. The number of benzene rings is 3. The Kier molecular flexibility index (Phi) is 9.04. The fraction of sp³-hybridized carbons (Fsp3) is 0.303. The number of alkyl halides is 3. The van der Waals surface area contributed by atoms with E-state index in [9.17, 15) is 27.2 Å². The fourth-order valence-electron chi connectivity index (χ4n) is 5.88. The van der Waals surface area contributed by atoms with Crippen LogP contribution in [0.2, 0.25) is 0 Å². The molecule has 2 aliphatic rings. The number of carbonyl (C=O) groups is 2. The van der Waals surface area contributed by atoms with Gasteiger partial charge in [0.05, 0.1) is 17.1 Å². The summed E-state index contributed by atoms with van der Waals surface area (Å²) >= 11 is 1.18. The first-order chi connectivity index (χ1) is 22.4. The number of aromatic nitrogens is 3. The largest absolute Gasteiger partial charge is 0.573 e. The highest BCUT2D eigenvalue weighted by atomic mass is 32.2. The van der Waals surface area contributed by atoms with E-state index in [4.69, 9.17) is 0 Å². The smallest absolute Gasteiger partial charge is 0.406 e. The number of nitrogens with zero attached hydrogens (tertiary/aromatic N) is 5. The molecule has 1 aromatic heterocycles. The van der Waals surface area contributed by atoms with Gasteiger partial charge in [-0.15, -0.1) is 18.3 Å². The third-order valence-electron chi connectivity index (χ3n) is 8.06. The molecule has 3 aromatic carbocycles. The highest BCUT2D eigenvalue weighted by Crippen LogP contribution is 2.37. The van der Waals surface area contributed by atoms with Crippen LogP contribution < -0.4 is 15.0 Å². The molecule has 2 atom stereocenters. The van der Waals surface area contributed by atoms with Gasteiger partial charge in [0.2, 0.25) is 5.91 Å². The van der Waals surface area contributed by atoms with Gasteiger partial charge in [-0.25, -0.2) is 18.9 Å². The number of anilines is 1. The van der Waals surface area contributed by atoms with Crippen LogP contribution in [-0.4, -0.2) is 50.0 Å². The molecule has 0 radical (unpaired) electrons. The van der Waals surface area contributed by atoms with Gasteiger partial charge in [-0.2, -0.15) is 4.99 Å². The standard InChI is InChI=1S/C33H30F4N6O3S/c1-19(2)26-16-22(34)10-15-28(26)43-29(44)17-47-32(43)40-31(45)39-27-5-3-4-25(27)20-6-8-21(9-7-20)30-38-18-42(41-30)23-11-13-24(14-12-23)46-33(35,36)37/h6-16,18-19,25,27H,3-5,17H2,1-2H3,(H,39,45)/b40-32-. The Balaban J connectivity index is 1.13. The highest BCUT2D eigenvalue weighted by Gasteiger charge is 2.34. The highest BCUT2D eigenvalue weighted by molar-refractivity contribution is 8.15.